The molecule has 1 N–H and O–H groups in total. The van der Waals surface area contributed by atoms with Gasteiger partial charge in [-0.15, -0.1) is 0 Å². The lowest BCUT2D eigenvalue weighted by molar-refractivity contribution is 0.585. The van der Waals surface area contributed by atoms with Crippen molar-refractivity contribution >= 4 is 10.8 Å². The van der Waals surface area contributed by atoms with Gasteiger partial charge in [0, 0.05) is 0 Å². The fraction of sp³-hybridized carbons (Fsp3) is 0.500. The van der Waals surface area contributed by atoms with Crippen LogP contribution in [0.25, 0.3) is 10.8 Å². The maximum atomic E-state index is 3.47. The molecule has 0 saturated heterocycles. The van der Waals surface area contributed by atoms with E-state index < -0.39 is 0 Å². The molecule has 0 atom stereocenters. The Labute approximate surface area is 129 Å². The van der Waals surface area contributed by atoms with E-state index in [9.17, 15) is 0 Å². The zero-order valence-corrected chi connectivity index (χ0v) is 13.6. The van der Waals surface area contributed by atoms with Gasteiger partial charge in [-0.25, -0.2) is 0 Å². The Balaban J connectivity index is 1.78. The third-order valence-corrected chi connectivity index (χ3v) is 4.21. The molecule has 0 aromatic heterocycles. The quantitative estimate of drug-likeness (QED) is 0.620. The van der Waals surface area contributed by atoms with E-state index in [1.165, 1.54) is 67.0 Å². The number of nitrogens with one attached hydrogen (secondary N) is 1. The summed E-state index contributed by atoms with van der Waals surface area (Å²) in [6.45, 7) is 6.77. The molecule has 2 aromatic carbocycles. The zero-order valence-electron chi connectivity index (χ0n) is 13.6. The van der Waals surface area contributed by atoms with Crippen LogP contribution in [0.4, 0.5) is 0 Å². The molecule has 0 unspecified atom stereocenters. The minimum Gasteiger partial charge on any atom is -0.317 e. The number of hydrogen-bond donors (Lipinski definition) is 1. The number of rotatable bonds is 9. The summed E-state index contributed by atoms with van der Waals surface area (Å²) in [6, 6.07) is 13.4. The topological polar surface area (TPSA) is 12.0 Å². The number of unbranched alkanes of at least 4 members (excludes halogenated alkanes) is 3. The van der Waals surface area contributed by atoms with Gasteiger partial charge < -0.3 is 5.32 Å². The molecule has 114 valence electrons. The highest BCUT2D eigenvalue weighted by atomic mass is 14.8. The van der Waals surface area contributed by atoms with Crippen molar-refractivity contribution < 1.29 is 0 Å². The van der Waals surface area contributed by atoms with Gasteiger partial charge in [0.2, 0.25) is 0 Å². The van der Waals surface area contributed by atoms with Crippen molar-refractivity contribution in [3.8, 4) is 0 Å². The summed E-state index contributed by atoms with van der Waals surface area (Å²) in [5, 5.41) is 6.34. The first-order valence-corrected chi connectivity index (χ1v) is 8.51. The van der Waals surface area contributed by atoms with Gasteiger partial charge in [0.15, 0.2) is 0 Å². The average Bonchev–Trinajstić information content (AvgIpc) is 2.52. The minimum atomic E-state index is 1.16. The van der Waals surface area contributed by atoms with E-state index in [-0.39, 0.29) is 0 Å². The summed E-state index contributed by atoms with van der Waals surface area (Å²) in [5.41, 5.74) is 2.90. The maximum Gasteiger partial charge on any atom is -0.00489 e. The highest BCUT2D eigenvalue weighted by molar-refractivity contribution is 5.88. The summed E-state index contributed by atoms with van der Waals surface area (Å²) in [5.74, 6) is 0. The maximum absolute atomic E-state index is 3.47. The van der Waals surface area contributed by atoms with Crippen molar-refractivity contribution in [3.05, 3.63) is 47.5 Å². The van der Waals surface area contributed by atoms with E-state index >= 15 is 0 Å². The lowest BCUT2D eigenvalue weighted by Gasteiger charge is -2.09. The fourth-order valence-electron chi connectivity index (χ4n) is 2.95. The summed E-state index contributed by atoms with van der Waals surface area (Å²) in [7, 11) is 0. The Bertz CT molecular complexity index is 545. The molecule has 0 aliphatic heterocycles. The van der Waals surface area contributed by atoms with Gasteiger partial charge in [0.1, 0.15) is 0 Å². The van der Waals surface area contributed by atoms with Crippen molar-refractivity contribution in [1.29, 1.82) is 0 Å². The third-order valence-electron chi connectivity index (χ3n) is 4.21. The molecule has 0 spiro atoms. The number of aryl methyl sites for hydroxylation is 2. The summed E-state index contributed by atoms with van der Waals surface area (Å²) in [6.07, 6.45) is 7.76. The first-order chi connectivity index (χ1) is 10.3. The van der Waals surface area contributed by atoms with Gasteiger partial charge in [-0.1, -0.05) is 56.2 Å². The van der Waals surface area contributed by atoms with E-state index in [2.05, 4.69) is 55.6 Å². The second-order valence-corrected chi connectivity index (χ2v) is 6.00. The molecule has 0 amide bonds. The van der Waals surface area contributed by atoms with Crippen LogP contribution in [-0.2, 0) is 6.42 Å². The molecule has 0 fully saturated rings. The first-order valence-electron chi connectivity index (χ1n) is 8.51. The van der Waals surface area contributed by atoms with E-state index in [1.54, 1.807) is 0 Å². The highest BCUT2D eigenvalue weighted by Gasteiger charge is 2.02. The van der Waals surface area contributed by atoms with Crippen molar-refractivity contribution in [2.24, 2.45) is 0 Å². The van der Waals surface area contributed by atoms with Crippen LogP contribution in [0.3, 0.4) is 0 Å². The van der Waals surface area contributed by atoms with Crippen molar-refractivity contribution in [3.63, 3.8) is 0 Å². The lowest BCUT2D eigenvalue weighted by Crippen LogP contribution is -2.15. The van der Waals surface area contributed by atoms with Gasteiger partial charge >= 0.3 is 0 Å². The summed E-state index contributed by atoms with van der Waals surface area (Å²) >= 11 is 0. The van der Waals surface area contributed by atoms with Crippen LogP contribution >= 0.6 is 0 Å². The van der Waals surface area contributed by atoms with Crippen LogP contribution in [0, 0.1) is 6.92 Å². The van der Waals surface area contributed by atoms with Crippen molar-refractivity contribution in [2.75, 3.05) is 13.1 Å². The third kappa shape index (κ3) is 4.86. The molecule has 21 heavy (non-hydrogen) atoms. The van der Waals surface area contributed by atoms with Crippen LogP contribution in [0.5, 0.6) is 0 Å². The number of benzene rings is 2. The second-order valence-electron chi connectivity index (χ2n) is 6.00. The highest BCUT2D eigenvalue weighted by Crippen LogP contribution is 2.23. The molecule has 0 heterocycles. The molecule has 2 rings (SSSR count). The van der Waals surface area contributed by atoms with Crippen LogP contribution in [0.1, 0.15) is 50.2 Å². The van der Waals surface area contributed by atoms with Crippen LogP contribution < -0.4 is 5.32 Å². The first kappa shape index (κ1) is 16.0. The van der Waals surface area contributed by atoms with Gasteiger partial charge in [-0.2, -0.15) is 0 Å². The smallest absolute Gasteiger partial charge is 0.00489 e. The van der Waals surface area contributed by atoms with Crippen LogP contribution in [-0.4, -0.2) is 13.1 Å². The van der Waals surface area contributed by atoms with Crippen LogP contribution in [0.2, 0.25) is 0 Å². The van der Waals surface area contributed by atoms with Gasteiger partial charge in [-0.05, 0) is 67.6 Å². The predicted octanol–water partition coefficient (Wildman–Crippen LogP) is 5.25. The zero-order chi connectivity index (χ0) is 14.9. The normalized spacial score (nSPS) is 11.1. The predicted molar refractivity (Wildman–Crippen MR) is 94.0 cm³/mol. The molecule has 0 aliphatic carbocycles. The molecule has 0 radical (unpaired) electrons. The minimum absolute atomic E-state index is 1.16. The van der Waals surface area contributed by atoms with Crippen LogP contribution in [0.15, 0.2) is 36.4 Å². The van der Waals surface area contributed by atoms with Crippen molar-refractivity contribution in [2.45, 2.75) is 52.4 Å². The van der Waals surface area contributed by atoms with E-state index in [1.807, 2.05) is 0 Å². The molecule has 0 aliphatic rings. The Morgan fingerprint density at radius 1 is 0.810 bits per heavy atom. The molecule has 1 heteroatoms. The second kappa shape index (κ2) is 8.84. The van der Waals surface area contributed by atoms with E-state index in [0.29, 0.717) is 0 Å². The SMILES string of the molecule is CCCNCCCCCCc1ccc(C)c2ccccc12. The molecule has 1 nitrogen and oxygen atoms in total. The average molecular weight is 283 g/mol. The van der Waals surface area contributed by atoms with Gasteiger partial charge in [0.25, 0.3) is 0 Å². The fourth-order valence-corrected chi connectivity index (χ4v) is 2.95. The Hall–Kier alpha value is -1.34. The molecular weight excluding hydrogens is 254 g/mol. The monoisotopic (exact) mass is 283 g/mol. The summed E-state index contributed by atoms with van der Waals surface area (Å²) in [4.78, 5) is 0. The molecule has 0 saturated carbocycles. The Kier molecular flexibility index (Phi) is 6.75. The number of fused-ring (bicyclic) bond motifs is 1. The lowest BCUT2D eigenvalue weighted by atomic mass is 9.96. The Morgan fingerprint density at radius 2 is 1.57 bits per heavy atom. The van der Waals surface area contributed by atoms with Crippen molar-refractivity contribution in [1.82, 2.24) is 5.32 Å². The summed E-state index contributed by atoms with van der Waals surface area (Å²) < 4.78 is 0. The molecule has 2 aromatic rings. The number of hydrogen-bond acceptors (Lipinski definition) is 1. The molecular formula is C20H29N. The standard InChI is InChI=1S/C20H29N/c1-3-15-21-16-9-5-4-6-10-18-14-13-17(2)19-11-7-8-12-20(18)19/h7-8,11-14,21H,3-6,9-10,15-16H2,1-2H3. The van der Waals surface area contributed by atoms with E-state index in [0.717, 1.165) is 6.54 Å². The molecule has 0 bridgehead atoms. The van der Waals surface area contributed by atoms with Gasteiger partial charge in [-0.3, -0.25) is 0 Å². The largest absolute Gasteiger partial charge is 0.317 e. The van der Waals surface area contributed by atoms with Gasteiger partial charge in [0.05, 0.1) is 0 Å². The van der Waals surface area contributed by atoms with E-state index in [4.69, 9.17) is 0 Å². The Morgan fingerprint density at radius 3 is 2.38 bits per heavy atom.